The molecule has 3 aromatic rings. The number of alkyl halides is 3. The number of aliphatic carboxylic acids is 1. The molecule has 4 rings (SSSR count). The molecule has 1 N–H and O–H groups in total. The van der Waals surface area contributed by atoms with Gasteiger partial charge in [0.25, 0.3) is 0 Å². The summed E-state index contributed by atoms with van der Waals surface area (Å²) >= 11 is 0. The molecule has 0 atom stereocenters. The molecule has 1 aliphatic heterocycles. The predicted molar refractivity (Wildman–Crippen MR) is 99.1 cm³/mol. The van der Waals surface area contributed by atoms with Crippen molar-refractivity contribution in [3.05, 3.63) is 53.7 Å². The zero-order valence-corrected chi connectivity index (χ0v) is 15.1. The topological polar surface area (TPSA) is 68.7 Å². The summed E-state index contributed by atoms with van der Waals surface area (Å²) in [5.41, 5.74) is -0.356. The number of pyridine rings is 1. The molecule has 5 nitrogen and oxygen atoms in total. The van der Waals surface area contributed by atoms with E-state index >= 15 is 0 Å². The Morgan fingerprint density at radius 2 is 1.79 bits per heavy atom. The Morgan fingerprint density at radius 3 is 2.52 bits per heavy atom. The molecule has 0 saturated heterocycles. The van der Waals surface area contributed by atoms with Gasteiger partial charge in [0.15, 0.2) is 11.5 Å². The summed E-state index contributed by atoms with van der Waals surface area (Å²) in [7, 11) is 0. The van der Waals surface area contributed by atoms with E-state index in [0.29, 0.717) is 10.9 Å². The van der Waals surface area contributed by atoms with Gasteiger partial charge in [-0.25, -0.2) is 0 Å². The molecule has 8 heteroatoms. The van der Waals surface area contributed by atoms with Crippen molar-refractivity contribution in [3.8, 4) is 22.8 Å². The maximum Gasteiger partial charge on any atom is 0.419 e. The second-order valence-electron chi connectivity index (χ2n) is 6.59. The zero-order valence-electron chi connectivity index (χ0n) is 15.1. The van der Waals surface area contributed by atoms with E-state index in [1.54, 1.807) is 24.3 Å². The highest BCUT2D eigenvalue weighted by Gasteiger charge is 2.38. The first-order chi connectivity index (χ1) is 13.9. The van der Waals surface area contributed by atoms with Gasteiger partial charge in [0.2, 0.25) is 0 Å². The fourth-order valence-corrected chi connectivity index (χ4v) is 3.47. The third kappa shape index (κ3) is 3.57. The number of nitrogens with zero attached hydrogens (tertiary/aromatic N) is 1. The van der Waals surface area contributed by atoms with Crippen LogP contribution in [0.25, 0.3) is 22.0 Å². The summed E-state index contributed by atoms with van der Waals surface area (Å²) < 4.78 is 53.3. The molecule has 0 aliphatic carbocycles. The first-order valence-electron chi connectivity index (χ1n) is 8.95. The van der Waals surface area contributed by atoms with Crippen LogP contribution in [0.2, 0.25) is 0 Å². The summed E-state index contributed by atoms with van der Waals surface area (Å²) in [5.74, 6) is -0.541. The summed E-state index contributed by atoms with van der Waals surface area (Å²) in [4.78, 5) is 15.0. The van der Waals surface area contributed by atoms with Crippen LogP contribution in [0.15, 0.2) is 42.6 Å². The molecule has 1 aliphatic rings. The molecule has 0 spiro atoms. The number of hydrogen-bond donors (Lipinski definition) is 1. The van der Waals surface area contributed by atoms with Gasteiger partial charge in [-0.05, 0) is 23.4 Å². The Morgan fingerprint density at radius 1 is 1.07 bits per heavy atom. The Bertz CT molecular complexity index is 1100. The number of rotatable bonds is 4. The maximum atomic E-state index is 14.0. The quantitative estimate of drug-likeness (QED) is 0.683. The van der Waals surface area contributed by atoms with Gasteiger partial charge in [-0.2, -0.15) is 13.2 Å². The lowest BCUT2D eigenvalue weighted by atomic mass is 9.96. The molecular formula is C21H16F3NO4. The van der Waals surface area contributed by atoms with Crippen molar-refractivity contribution in [3.63, 3.8) is 0 Å². The third-order valence-corrected chi connectivity index (χ3v) is 4.72. The molecule has 150 valence electrons. The molecule has 0 unspecified atom stereocenters. The highest BCUT2D eigenvalue weighted by Crippen LogP contribution is 2.47. The summed E-state index contributed by atoms with van der Waals surface area (Å²) in [6.45, 7) is 0.408. The van der Waals surface area contributed by atoms with Crippen molar-refractivity contribution in [2.45, 2.75) is 19.0 Å². The van der Waals surface area contributed by atoms with E-state index in [1.807, 2.05) is 0 Å². The van der Waals surface area contributed by atoms with Crippen molar-refractivity contribution >= 4 is 16.7 Å². The predicted octanol–water partition coefficient (Wildman–Crippen LogP) is 4.71. The molecule has 0 fully saturated rings. The van der Waals surface area contributed by atoms with E-state index in [0.717, 1.165) is 0 Å². The zero-order chi connectivity index (χ0) is 20.6. The first kappa shape index (κ1) is 19.0. The number of carboxylic acid groups (broad SMARTS) is 1. The van der Waals surface area contributed by atoms with Crippen LogP contribution in [-0.2, 0) is 17.4 Å². The van der Waals surface area contributed by atoms with E-state index < -0.39 is 17.7 Å². The van der Waals surface area contributed by atoms with Crippen LogP contribution in [-0.4, -0.2) is 29.3 Å². The number of aromatic nitrogens is 1. The molecule has 1 aromatic heterocycles. The van der Waals surface area contributed by atoms with E-state index in [9.17, 15) is 18.0 Å². The lowest BCUT2D eigenvalue weighted by Crippen LogP contribution is -2.18. The number of carboxylic acids is 1. The number of fused-ring (bicyclic) bond motifs is 2. The lowest BCUT2D eigenvalue weighted by molar-refractivity contribution is -0.137. The average molecular weight is 403 g/mol. The second kappa shape index (κ2) is 7.27. The van der Waals surface area contributed by atoms with Gasteiger partial charge in [0.05, 0.1) is 11.3 Å². The van der Waals surface area contributed by atoms with Crippen LogP contribution in [0.3, 0.4) is 0 Å². The van der Waals surface area contributed by atoms with Crippen molar-refractivity contribution in [2.24, 2.45) is 0 Å². The molecule has 0 saturated carbocycles. The minimum atomic E-state index is -4.63. The number of hydrogen-bond acceptors (Lipinski definition) is 4. The van der Waals surface area contributed by atoms with Crippen LogP contribution in [0, 0.1) is 0 Å². The van der Waals surface area contributed by atoms with E-state index in [-0.39, 0.29) is 54.2 Å². The van der Waals surface area contributed by atoms with Crippen LogP contribution < -0.4 is 9.47 Å². The number of carbonyl (C=O) groups is 1. The molecule has 0 radical (unpaired) electrons. The Balaban J connectivity index is 1.94. The van der Waals surface area contributed by atoms with E-state index in [2.05, 4.69) is 4.98 Å². The van der Waals surface area contributed by atoms with Crippen molar-refractivity contribution < 1.29 is 32.5 Å². The summed E-state index contributed by atoms with van der Waals surface area (Å²) in [6.07, 6.45) is -3.18. The second-order valence-corrected chi connectivity index (χ2v) is 6.59. The van der Waals surface area contributed by atoms with Crippen molar-refractivity contribution in [1.29, 1.82) is 0 Å². The van der Waals surface area contributed by atoms with Gasteiger partial charge in [-0.1, -0.05) is 30.3 Å². The number of halogens is 3. The molecule has 0 amide bonds. The van der Waals surface area contributed by atoms with Crippen LogP contribution in [0.1, 0.15) is 17.5 Å². The van der Waals surface area contributed by atoms with Gasteiger partial charge in [-0.15, -0.1) is 0 Å². The molecule has 29 heavy (non-hydrogen) atoms. The van der Waals surface area contributed by atoms with Gasteiger partial charge >= 0.3 is 12.1 Å². The maximum absolute atomic E-state index is 14.0. The fourth-order valence-electron chi connectivity index (χ4n) is 3.47. The number of aryl methyl sites for hydroxylation is 1. The summed E-state index contributed by atoms with van der Waals surface area (Å²) in [5, 5.41) is 9.36. The summed E-state index contributed by atoms with van der Waals surface area (Å²) in [6, 6.07) is 9.24. The van der Waals surface area contributed by atoms with Crippen LogP contribution in [0.5, 0.6) is 11.5 Å². The number of ether oxygens (including phenoxy) is 2. The Kier molecular flexibility index (Phi) is 4.77. The Hall–Kier alpha value is -3.29. The normalized spacial score (nSPS) is 13.5. The minimum absolute atomic E-state index is 0.0467. The average Bonchev–Trinajstić information content (AvgIpc) is 2.70. The van der Waals surface area contributed by atoms with Crippen molar-refractivity contribution in [1.82, 2.24) is 4.98 Å². The van der Waals surface area contributed by atoms with Gasteiger partial charge in [-0.3, -0.25) is 9.78 Å². The van der Waals surface area contributed by atoms with Gasteiger partial charge in [0.1, 0.15) is 13.2 Å². The molecule has 0 bridgehead atoms. The SMILES string of the molecule is O=C(O)CCc1ccc(-c2ncc3ccccc3c2C(F)(F)F)c2c1OCCO2. The first-order valence-corrected chi connectivity index (χ1v) is 8.95. The van der Waals surface area contributed by atoms with Gasteiger partial charge < -0.3 is 14.6 Å². The monoisotopic (exact) mass is 403 g/mol. The lowest BCUT2D eigenvalue weighted by Gasteiger charge is -2.24. The standard InChI is InChI=1S/C21H16F3NO4/c22-21(23,24)17-14-4-2-1-3-13(14)11-25-18(17)15-7-5-12(6-8-16(26)27)19-20(15)29-10-9-28-19/h1-5,7,11H,6,8-10H2,(H,26,27). The molecule has 2 aromatic carbocycles. The highest BCUT2D eigenvalue weighted by molar-refractivity contribution is 5.91. The highest BCUT2D eigenvalue weighted by atomic mass is 19.4. The van der Waals surface area contributed by atoms with Crippen molar-refractivity contribution in [2.75, 3.05) is 13.2 Å². The smallest absolute Gasteiger partial charge is 0.419 e. The fraction of sp³-hybridized carbons (Fsp3) is 0.238. The molecular weight excluding hydrogens is 387 g/mol. The number of benzene rings is 2. The van der Waals surface area contributed by atoms with E-state index in [1.165, 1.54) is 18.3 Å². The van der Waals surface area contributed by atoms with Gasteiger partial charge in [0, 0.05) is 23.6 Å². The van der Waals surface area contributed by atoms with Crippen LogP contribution in [0.4, 0.5) is 13.2 Å². The molecule has 2 heterocycles. The minimum Gasteiger partial charge on any atom is -0.486 e. The largest absolute Gasteiger partial charge is 0.486 e. The van der Waals surface area contributed by atoms with Crippen LogP contribution >= 0.6 is 0 Å². The van der Waals surface area contributed by atoms with E-state index in [4.69, 9.17) is 14.6 Å². The Labute approximate surface area is 163 Å². The third-order valence-electron chi connectivity index (χ3n) is 4.72.